The van der Waals surface area contributed by atoms with Crippen LogP contribution in [-0.2, 0) is 24.8 Å². The fourth-order valence-corrected chi connectivity index (χ4v) is 8.75. The fourth-order valence-electron chi connectivity index (χ4n) is 8.00. The van der Waals surface area contributed by atoms with Crippen LogP contribution in [-0.4, -0.2) is 70.1 Å². The number of unbranched alkanes of at least 4 members (excludes halogenated alkanes) is 25. The van der Waals surface area contributed by atoms with Gasteiger partial charge in [-0.15, -0.1) is 0 Å². The average Bonchev–Trinajstić information content (AvgIpc) is 3.31. The van der Waals surface area contributed by atoms with Crippen LogP contribution >= 0.6 is 11.9 Å². The number of aldehydes is 2. The lowest BCUT2D eigenvalue weighted by atomic mass is 10.0. The molecule has 0 spiro atoms. The van der Waals surface area contributed by atoms with Gasteiger partial charge in [0.1, 0.15) is 12.6 Å². The van der Waals surface area contributed by atoms with E-state index in [-0.39, 0.29) is 0 Å². The maximum atomic E-state index is 10.4. The highest BCUT2D eigenvalue weighted by Crippen LogP contribution is 2.17. The Bertz CT molecular complexity index is 943. The van der Waals surface area contributed by atoms with Crippen LogP contribution in [0.25, 0.3) is 0 Å². The largest absolute Gasteiger partial charge is 0.381 e. The zero-order valence-electron chi connectivity index (χ0n) is 43.0. The molecule has 1 atom stereocenters. The third-order valence-electron chi connectivity index (χ3n) is 12.3. The van der Waals surface area contributed by atoms with Gasteiger partial charge in [0.05, 0.1) is 12.2 Å². The summed E-state index contributed by atoms with van der Waals surface area (Å²) in [5, 5.41) is 0. The topological polar surface area (TPSA) is 67.9 Å². The predicted molar refractivity (Wildman–Crippen MR) is 280 cm³/mol. The molecular weight excluding hydrogens is 797 g/mol. The van der Waals surface area contributed by atoms with E-state index in [9.17, 15) is 9.59 Å². The summed E-state index contributed by atoms with van der Waals surface area (Å²) in [5.74, 6) is 1.01. The molecule has 63 heavy (non-hydrogen) atoms. The molecule has 6 nitrogen and oxygen atoms in total. The van der Waals surface area contributed by atoms with Crippen molar-refractivity contribution in [3.05, 3.63) is 35.9 Å². The molecular formula is C56H108N2O4S. The van der Waals surface area contributed by atoms with Gasteiger partial charge in [0, 0.05) is 39.4 Å². The van der Waals surface area contributed by atoms with Crippen molar-refractivity contribution in [1.29, 1.82) is 0 Å². The fraction of sp³-hybridized carbons (Fsp3) is 0.857. The Labute approximate surface area is 398 Å². The molecule has 1 rings (SSSR count). The normalized spacial score (nSPS) is 11.6. The second-order valence-corrected chi connectivity index (χ2v) is 19.0. The van der Waals surface area contributed by atoms with Gasteiger partial charge in [0.15, 0.2) is 0 Å². The number of methoxy groups -OCH3 is 2. The molecule has 0 aliphatic carbocycles. The van der Waals surface area contributed by atoms with Gasteiger partial charge in [-0.2, -0.15) is 0 Å². The first-order valence-electron chi connectivity index (χ1n) is 27.1. The number of nitrogens with zero attached hydrogens (tertiary/aromatic N) is 1. The van der Waals surface area contributed by atoms with Crippen LogP contribution in [0.1, 0.15) is 258 Å². The van der Waals surface area contributed by atoms with E-state index in [1.807, 2.05) is 14.2 Å². The van der Waals surface area contributed by atoms with Gasteiger partial charge in [-0.25, -0.2) is 0 Å². The van der Waals surface area contributed by atoms with Gasteiger partial charge >= 0.3 is 0 Å². The first-order valence-corrected chi connectivity index (χ1v) is 28.1. The van der Waals surface area contributed by atoms with E-state index in [1.54, 1.807) is 11.9 Å². The van der Waals surface area contributed by atoms with E-state index < -0.39 is 0 Å². The molecule has 0 aliphatic rings. The van der Waals surface area contributed by atoms with E-state index >= 15 is 0 Å². The average molecular weight is 906 g/mol. The van der Waals surface area contributed by atoms with Gasteiger partial charge in [-0.05, 0) is 83.0 Å². The van der Waals surface area contributed by atoms with Crippen LogP contribution < -0.4 is 4.72 Å². The summed E-state index contributed by atoms with van der Waals surface area (Å²) in [7, 11) is 3.71. The Morgan fingerprint density at radius 1 is 0.492 bits per heavy atom. The first kappa shape index (κ1) is 63.8. The predicted octanol–water partition coefficient (Wildman–Crippen LogP) is 16.9. The van der Waals surface area contributed by atoms with Crippen molar-refractivity contribution in [2.45, 2.75) is 270 Å². The molecule has 0 saturated heterocycles. The van der Waals surface area contributed by atoms with E-state index in [2.05, 4.69) is 67.6 Å². The zero-order valence-corrected chi connectivity index (χ0v) is 43.8. The highest BCUT2D eigenvalue weighted by Gasteiger charge is 2.08. The van der Waals surface area contributed by atoms with Crippen molar-refractivity contribution in [3.8, 4) is 0 Å². The van der Waals surface area contributed by atoms with Crippen molar-refractivity contribution in [2.75, 3.05) is 40.4 Å². The van der Waals surface area contributed by atoms with Crippen LogP contribution in [0, 0.1) is 0 Å². The molecule has 0 heterocycles. The smallest absolute Gasteiger partial charge is 0.119 e. The first-order chi connectivity index (χ1) is 31.1. The molecule has 0 aliphatic heterocycles. The molecule has 1 aromatic carbocycles. The second kappa shape index (κ2) is 56.9. The minimum atomic E-state index is 0.506. The van der Waals surface area contributed by atoms with Crippen LogP contribution in [0.3, 0.4) is 0 Å². The molecule has 0 aromatic heterocycles. The summed E-state index contributed by atoms with van der Waals surface area (Å²) in [6.45, 7) is 13.6. The van der Waals surface area contributed by atoms with Crippen molar-refractivity contribution >= 4 is 24.5 Å². The molecule has 0 saturated carbocycles. The van der Waals surface area contributed by atoms with Crippen molar-refractivity contribution in [2.24, 2.45) is 0 Å². The number of carbonyl (C=O) groups excluding carboxylic acids is 2. The molecule has 0 amide bonds. The molecule has 0 bridgehead atoms. The highest BCUT2D eigenvalue weighted by molar-refractivity contribution is 7.96. The van der Waals surface area contributed by atoms with Crippen LogP contribution in [0.4, 0.5) is 0 Å². The molecule has 0 fully saturated rings. The van der Waals surface area contributed by atoms with E-state index in [0.29, 0.717) is 25.0 Å². The van der Waals surface area contributed by atoms with Gasteiger partial charge in [-0.3, -0.25) is 4.72 Å². The van der Waals surface area contributed by atoms with Crippen molar-refractivity contribution in [3.63, 3.8) is 0 Å². The monoisotopic (exact) mass is 905 g/mol. The van der Waals surface area contributed by atoms with Crippen LogP contribution in [0.2, 0.25) is 0 Å². The molecule has 1 N–H and O–H groups in total. The Balaban J connectivity index is 0. The summed E-state index contributed by atoms with van der Waals surface area (Å²) < 4.78 is 14.4. The summed E-state index contributed by atoms with van der Waals surface area (Å²) in [5.41, 5.74) is 1.36. The van der Waals surface area contributed by atoms with Gasteiger partial charge in [0.2, 0.25) is 0 Å². The van der Waals surface area contributed by atoms with Gasteiger partial charge in [0.25, 0.3) is 0 Å². The van der Waals surface area contributed by atoms with E-state index in [0.717, 1.165) is 50.7 Å². The van der Waals surface area contributed by atoms with Crippen molar-refractivity contribution in [1.82, 2.24) is 9.62 Å². The number of hydrogen-bond donors (Lipinski definition) is 1. The lowest BCUT2D eigenvalue weighted by Gasteiger charge is -2.22. The summed E-state index contributed by atoms with van der Waals surface area (Å²) in [6.07, 6.45) is 47.7. The van der Waals surface area contributed by atoms with Gasteiger partial charge < -0.3 is 24.0 Å². The van der Waals surface area contributed by atoms with Crippen LogP contribution in [0.5, 0.6) is 0 Å². The number of carbonyl (C=O) groups is 2. The third-order valence-corrected chi connectivity index (χ3v) is 13.2. The second-order valence-electron chi connectivity index (χ2n) is 18.1. The Morgan fingerprint density at radius 3 is 1.29 bits per heavy atom. The standard InChI is InChI=1S/C26H44N2O2S.C18H38O.C12H26O/c29-23-14-7-3-1-5-12-20-28(21-13-6-2-4-8-15-24-30)22-16-19-27-31-25-26-17-10-9-11-18-26;1-4-6-8-10-12-14-16-18(19-3)17-15-13-11-9-7-5-2;1-4-6-7-8-9-10-11-12(5-2)13-3/h9-11,17-18,23-24,27H,1-8,12-16,19-22,25H2;18H,4-17H2,1-3H3;12H,4-11H2,1-3H3. The van der Waals surface area contributed by atoms with Gasteiger partial charge in [-0.1, -0.05) is 224 Å². The maximum Gasteiger partial charge on any atom is 0.119 e. The van der Waals surface area contributed by atoms with Crippen molar-refractivity contribution < 1.29 is 19.1 Å². The summed E-state index contributed by atoms with van der Waals surface area (Å²) in [6, 6.07) is 10.6. The summed E-state index contributed by atoms with van der Waals surface area (Å²) >= 11 is 1.80. The number of nitrogens with one attached hydrogen (secondary N) is 1. The van der Waals surface area contributed by atoms with E-state index in [4.69, 9.17) is 9.47 Å². The van der Waals surface area contributed by atoms with Crippen LogP contribution in [0.15, 0.2) is 30.3 Å². The Morgan fingerprint density at radius 2 is 0.873 bits per heavy atom. The molecule has 372 valence electrons. The van der Waals surface area contributed by atoms with E-state index in [1.165, 1.54) is 211 Å². The maximum absolute atomic E-state index is 10.4. The number of benzene rings is 1. The Hall–Kier alpha value is -1.25. The molecule has 7 heteroatoms. The number of ether oxygens (including phenoxy) is 2. The Kier molecular flexibility index (Phi) is 57.6. The minimum Gasteiger partial charge on any atom is -0.381 e. The molecule has 1 unspecified atom stereocenters. The summed E-state index contributed by atoms with van der Waals surface area (Å²) in [4.78, 5) is 23.4. The number of hydrogen-bond acceptors (Lipinski definition) is 7. The molecule has 1 aromatic rings. The third kappa shape index (κ3) is 51.6. The number of rotatable bonds is 47. The quantitative estimate of drug-likeness (QED) is 0.0397. The molecule has 0 radical (unpaired) electrons. The lowest BCUT2D eigenvalue weighted by Crippen LogP contribution is -2.29. The highest BCUT2D eigenvalue weighted by atomic mass is 32.2. The lowest BCUT2D eigenvalue weighted by molar-refractivity contribution is -0.108. The zero-order chi connectivity index (χ0) is 46.4. The SMILES string of the molecule is CCCCCCCCC(CC)OC.CCCCCCCCC(CCCCCCCC)OC.O=CCCCCCCCN(CCCCCCCC=O)CCCNSCc1ccccc1. The minimum absolute atomic E-state index is 0.506.